The van der Waals surface area contributed by atoms with Crippen molar-refractivity contribution in [2.45, 2.75) is 6.54 Å². The highest BCUT2D eigenvalue weighted by Crippen LogP contribution is 2.15. The second-order valence-corrected chi connectivity index (χ2v) is 3.29. The Balaban J connectivity index is 2.31. The molecule has 0 spiro atoms. The Labute approximate surface area is 89.3 Å². The number of nitrogens with one attached hydrogen (secondary N) is 1. The van der Waals surface area contributed by atoms with Gasteiger partial charge in [0.05, 0.1) is 12.1 Å². The van der Waals surface area contributed by atoms with E-state index in [0.717, 1.165) is 12.1 Å². The van der Waals surface area contributed by atoms with Crippen molar-refractivity contribution in [3.05, 3.63) is 42.1 Å². The molecule has 0 amide bonds. The molecule has 0 aliphatic rings. The summed E-state index contributed by atoms with van der Waals surface area (Å²) in [7, 11) is 0. The summed E-state index contributed by atoms with van der Waals surface area (Å²) >= 11 is 0. The fourth-order valence-electron chi connectivity index (χ4n) is 1.58. The van der Waals surface area contributed by atoms with E-state index in [1.807, 2.05) is 30.5 Å². The highest BCUT2D eigenvalue weighted by atomic mass is 14.8. The van der Waals surface area contributed by atoms with E-state index in [-0.39, 0.29) is 0 Å². The van der Waals surface area contributed by atoms with Crippen molar-refractivity contribution in [1.82, 2.24) is 10.3 Å². The van der Waals surface area contributed by atoms with Gasteiger partial charge in [0.1, 0.15) is 0 Å². The molecule has 0 unspecified atom stereocenters. The van der Waals surface area contributed by atoms with E-state index in [1.165, 1.54) is 10.9 Å². The number of pyridine rings is 1. The second kappa shape index (κ2) is 4.59. The van der Waals surface area contributed by atoms with E-state index in [0.29, 0.717) is 6.54 Å². The van der Waals surface area contributed by atoms with Gasteiger partial charge >= 0.3 is 0 Å². The standard InChI is InChI=1S/C13H12N2/c1-2-8-14-10-11-7-9-15-13-6-4-3-5-12(11)13/h1,3-7,9,14H,8,10H2. The van der Waals surface area contributed by atoms with Crippen molar-refractivity contribution in [2.75, 3.05) is 6.54 Å². The van der Waals surface area contributed by atoms with E-state index in [1.54, 1.807) is 0 Å². The summed E-state index contributed by atoms with van der Waals surface area (Å²) in [6.07, 6.45) is 7.01. The first-order valence-corrected chi connectivity index (χ1v) is 4.88. The largest absolute Gasteiger partial charge is 0.302 e. The number of nitrogens with zero attached hydrogens (tertiary/aromatic N) is 1. The van der Waals surface area contributed by atoms with Crippen LogP contribution in [0.1, 0.15) is 5.56 Å². The van der Waals surface area contributed by atoms with Crippen molar-refractivity contribution in [3.8, 4) is 12.3 Å². The second-order valence-electron chi connectivity index (χ2n) is 3.29. The van der Waals surface area contributed by atoms with Crippen LogP contribution in [-0.4, -0.2) is 11.5 Å². The van der Waals surface area contributed by atoms with Gasteiger partial charge in [-0.15, -0.1) is 6.42 Å². The fourth-order valence-corrected chi connectivity index (χ4v) is 1.58. The fraction of sp³-hybridized carbons (Fsp3) is 0.154. The minimum atomic E-state index is 0.594. The van der Waals surface area contributed by atoms with E-state index in [2.05, 4.69) is 22.3 Å². The summed E-state index contributed by atoms with van der Waals surface area (Å²) in [5, 5.41) is 4.36. The average Bonchev–Trinajstić information content (AvgIpc) is 2.30. The van der Waals surface area contributed by atoms with Crippen LogP contribution in [0.2, 0.25) is 0 Å². The van der Waals surface area contributed by atoms with Crippen LogP contribution in [0.5, 0.6) is 0 Å². The molecule has 0 radical (unpaired) electrons. The molecular formula is C13H12N2. The molecular weight excluding hydrogens is 184 g/mol. The SMILES string of the molecule is C#CCNCc1ccnc2ccccc12. The zero-order chi connectivity index (χ0) is 10.5. The maximum absolute atomic E-state index is 5.18. The first kappa shape index (κ1) is 9.70. The smallest absolute Gasteiger partial charge is 0.0705 e. The molecule has 2 heteroatoms. The Bertz CT molecular complexity index is 492. The summed E-state index contributed by atoms with van der Waals surface area (Å²) in [5.41, 5.74) is 2.26. The van der Waals surface area contributed by atoms with Crippen molar-refractivity contribution >= 4 is 10.9 Å². The Morgan fingerprint density at radius 1 is 1.27 bits per heavy atom. The third-order valence-corrected chi connectivity index (χ3v) is 2.28. The Hall–Kier alpha value is -1.85. The Morgan fingerprint density at radius 2 is 2.13 bits per heavy atom. The van der Waals surface area contributed by atoms with Crippen molar-refractivity contribution in [1.29, 1.82) is 0 Å². The van der Waals surface area contributed by atoms with Crippen LogP contribution < -0.4 is 5.32 Å². The molecule has 2 nitrogen and oxygen atoms in total. The van der Waals surface area contributed by atoms with Gasteiger partial charge in [0.2, 0.25) is 0 Å². The number of hydrogen-bond donors (Lipinski definition) is 1. The maximum atomic E-state index is 5.18. The molecule has 0 saturated carbocycles. The summed E-state index contributed by atoms with van der Waals surface area (Å²) < 4.78 is 0. The van der Waals surface area contributed by atoms with Gasteiger partial charge in [-0.25, -0.2) is 0 Å². The number of hydrogen-bond acceptors (Lipinski definition) is 2. The monoisotopic (exact) mass is 196 g/mol. The quantitative estimate of drug-likeness (QED) is 0.599. The first-order valence-electron chi connectivity index (χ1n) is 4.88. The molecule has 1 heterocycles. The zero-order valence-electron chi connectivity index (χ0n) is 8.40. The number of benzene rings is 1. The lowest BCUT2D eigenvalue weighted by molar-refractivity contribution is 0.774. The zero-order valence-corrected chi connectivity index (χ0v) is 8.40. The number of terminal acetylenes is 1. The van der Waals surface area contributed by atoms with E-state index in [4.69, 9.17) is 6.42 Å². The van der Waals surface area contributed by atoms with Gasteiger partial charge in [-0.3, -0.25) is 4.98 Å². The van der Waals surface area contributed by atoms with E-state index in [9.17, 15) is 0 Å². The van der Waals surface area contributed by atoms with Gasteiger partial charge in [-0.2, -0.15) is 0 Å². The molecule has 15 heavy (non-hydrogen) atoms. The molecule has 0 aliphatic heterocycles. The molecule has 0 atom stereocenters. The lowest BCUT2D eigenvalue weighted by Gasteiger charge is -2.05. The van der Waals surface area contributed by atoms with Crippen molar-refractivity contribution in [2.24, 2.45) is 0 Å². The molecule has 1 aromatic carbocycles. The number of aromatic nitrogens is 1. The lowest BCUT2D eigenvalue weighted by Crippen LogP contribution is -2.13. The lowest BCUT2D eigenvalue weighted by atomic mass is 10.1. The molecule has 0 bridgehead atoms. The third-order valence-electron chi connectivity index (χ3n) is 2.28. The van der Waals surface area contributed by atoms with Crippen LogP contribution in [-0.2, 0) is 6.54 Å². The third kappa shape index (κ3) is 2.15. The molecule has 0 saturated heterocycles. The summed E-state index contributed by atoms with van der Waals surface area (Å²) in [4.78, 5) is 4.30. The summed E-state index contributed by atoms with van der Waals surface area (Å²) in [6.45, 7) is 1.38. The first-order chi connectivity index (χ1) is 7.42. The van der Waals surface area contributed by atoms with Crippen LogP contribution in [0, 0.1) is 12.3 Å². The predicted octanol–water partition coefficient (Wildman–Crippen LogP) is 1.96. The van der Waals surface area contributed by atoms with Gasteiger partial charge in [-0.05, 0) is 17.7 Å². The normalized spacial score (nSPS) is 10.1. The predicted molar refractivity (Wildman–Crippen MR) is 62.3 cm³/mol. The van der Waals surface area contributed by atoms with Crippen molar-refractivity contribution < 1.29 is 0 Å². The summed E-state index contributed by atoms with van der Waals surface area (Å²) in [6, 6.07) is 10.1. The highest BCUT2D eigenvalue weighted by Gasteiger charge is 1.99. The molecule has 2 aromatic rings. The Morgan fingerprint density at radius 3 is 3.00 bits per heavy atom. The van der Waals surface area contributed by atoms with Crippen LogP contribution in [0.3, 0.4) is 0 Å². The average molecular weight is 196 g/mol. The van der Waals surface area contributed by atoms with Gasteiger partial charge in [0.15, 0.2) is 0 Å². The minimum Gasteiger partial charge on any atom is -0.302 e. The van der Waals surface area contributed by atoms with E-state index < -0.39 is 0 Å². The van der Waals surface area contributed by atoms with Crippen LogP contribution in [0.4, 0.5) is 0 Å². The number of rotatable bonds is 3. The van der Waals surface area contributed by atoms with Crippen LogP contribution in [0.25, 0.3) is 10.9 Å². The topological polar surface area (TPSA) is 24.9 Å². The van der Waals surface area contributed by atoms with Crippen molar-refractivity contribution in [3.63, 3.8) is 0 Å². The summed E-state index contributed by atoms with van der Waals surface area (Å²) in [5.74, 6) is 2.56. The number of para-hydroxylation sites is 1. The van der Waals surface area contributed by atoms with Gasteiger partial charge in [-0.1, -0.05) is 24.1 Å². The van der Waals surface area contributed by atoms with Gasteiger partial charge in [0, 0.05) is 18.1 Å². The molecule has 0 fully saturated rings. The highest BCUT2D eigenvalue weighted by molar-refractivity contribution is 5.81. The van der Waals surface area contributed by atoms with Crippen LogP contribution >= 0.6 is 0 Å². The molecule has 2 rings (SSSR count). The number of fused-ring (bicyclic) bond motifs is 1. The maximum Gasteiger partial charge on any atom is 0.0705 e. The van der Waals surface area contributed by atoms with Gasteiger partial charge < -0.3 is 5.32 Å². The molecule has 1 N–H and O–H groups in total. The Kier molecular flexibility index (Phi) is 2.96. The molecule has 74 valence electrons. The molecule has 1 aromatic heterocycles. The van der Waals surface area contributed by atoms with E-state index >= 15 is 0 Å². The van der Waals surface area contributed by atoms with Gasteiger partial charge in [0.25, 0.3) is 0 Å². The minimum absolute atomic E-state index is 0.594. The molecule has 0 aliphatic carbocycles. The van der Waals surface area contributed by atoms with Crippen LogP contribution in [0.15, 0.2) is 36.5 Å².